The van der Waals surface area contributed by atoms with Crippen LogP contribution in [0.25, 0.3) is 0 Å². The second kappa shape index (κ2) is 26.0. The van der Waals surface area contributed by atoms with Gasteiger partial charge in [0.05, 0.1) is 6.04 Å². The third-order valence-corrected chi connectivity index (χ3v) is 10.4. The SMILES string of the molecule is CN1c2c(nc(N)[nH]c2=O)NCC1CNc1ccc(C(=O)N[C@@H](CCC(=O)O)C(=O)N[C@@H](CCC(=O)O)C(=O)N[C@@H](CCC(=O)O)C(=O)N[C@@H](CCC(=O)O)C(=O)N[C@@H](CCC(=O)O)C(=O)O)cc1. The molecule has 1 aromatic heterocycles. The molecule has 0 saturated heterocycles. The smallest absolute Gasteiger partial charge is 0.326 e. The molecule has 1 aliphatic heterocycles. The molecule has 16 N–H and O–H groups in total. The Morgan fingerprint density at radius 3 is 1.39 bits per heavy atom. The number of aromatic nitrogens is 2. The normalized spacial score (nSPS) is 14.9. The highest BCUT2D eigenvalue weighted by Gasteiger charge is 2.34. The van der Waals surface area contributed by atoms with E-state index in [0.29, 0.717) is 24.6 Å². The number of benzene rings is 1. The number of H-pyrrole nitrogens is 1. The summed E-state index contributed by atoms with van der Waals surface area (Å²) in [5.74, 6) is -14.5. The zero-order valence-electron chi connectivity index (χ0n) is 36.8. The Bertz CT molecular complexity index is 2320. The summed E-state index contributed by atoms with van der Waals surface area (Å²) in [5, 5.41) is 72.9. The molecule has 0 bridgehead atoms. The number of carboxylic acids is 6. The van der Waals surface area contributed by atoms with Gasteiger partial charge in [0.15, 0.2) is 5.82 Å². The van der Waals surface area contributed by atoms with E-state index in [9.17, 15) is 83.1 Å². The highest BCUT2D eigenvalue weighted by molar-refractivity contribution is 5.99. The first-order valence-corrected chi connectivity index (χ1v) is 21.0. The van der Waals surface area contributed by atoms with Crippen molar-refractivity contribution >= 4 is 88.5 Å². The van der Waals surface area contributed by atoms with Crippen LogP contribution in [0.15, 0.2) is 29.1 Å². The van der Waals surface area contributed by atoms with Gasteiger partial charge in [-0.3, -0.25) is 57.7 Å². The van der Waals surface area contributed by atoms with Crippen LogP contribution in [0.1, 0.15) is 74.6 Å². The minimum absolute atomic E-state index is 0.00390. The van der Waals surface area contributed by atoms with Gasteiger partial charge in [-0.1, -0.05) is 0 Å². The number of amides is 5. The lowest BCUT2D eigenvalue weighted by molar-refractivity contribution is -0.144. The van der Waals surface area contributed by atoms with Crippen LogP contribution in [0.5, 0.6) is 0 Å². The Kier molecular flexibility index (Phi) is 20.6. The lowest BCUT2D eigenvalue weighted by atomic mass is 10.0. The number of nitrogens with zero attached hydrogens (tertiary/aromatic N) is 2. The van der Waals surface area contributed by atoms with E-state index >= 15 is 0 Å². The van der Waals surface area contributed by atoms with E-state index < -0.39 is 165 Å². The molecule has 0 radical (unpaired) electrons. The van der Waals surface area contributed by atoms with E-state index in [4.69, 9.17) is 10.8 Å². The number of anilines is 4. The first-order chi connectivity index (χ1) is 32.4. The van der Waals surface area contributed by atoms with Crippen molar-refractivity contribution in [2.45, 2.75) is 100 Å². The van der Waals surface area contributed by atoms with E-state index in [2.05, 4.69) is 41.9 Å². The number of fused-ring (bicyclic) bond motifs is 1. The second-order valence-corrected chi connectivity index (χ2v) is 15.5. The summed E-state index contributed by atoms with van der Waals surface area (Å²) in [7, 11) is 1.70. The van der Waals surface area contributed by atoms with Crippen molar-refractivity contribution in [2.24, 2.45) is 0 Å². The number of nitrogens with two attached hydrogens (primary N) is 1. The van der Waals surface area contributed by atoms with Gasteiger partial charge in [0.1, 0.15) is 35.9 Å². The first kappa shape index (κ1) is 54.8. The van der Waals surface area contributed by atoms with Crippen molar-refractivity contribution in [1.29, 1.82) is 0 Å². The van der Waals surface area contributed by atoms with Gasteiger partial charge < -0.3 is 78.5 Å². The summed E-state index contributed by atoms with van der Waals surface area (Å²) in [4.78, 5) is 157. The van der Waals surface area contributed by atoms with Crippen molar-refractivity contribution in [2.75, 3.05) is 41.4 Å². The van der Waals surface area contributed by atoms with Crippen LogP contribution < -0.4 is 53.4 Å². The van der Waals surface area contributed by atoms with Crippen molar-refractivity contribution in [1.82, 2.24) is 36.6 Å². The average molecular weight is 976 g/mol. The van der Waals surface area contributed by atoms with E-state index in [-0.39, 0.29) is 23.2 Å². The highest BCUT2D eigenvalue weighted by atomic mass is 16.4. The summed E-state index contributed by atoms with van der Waals surface area (Å²) in [5.41, 5.74) is 6.01. The van der Waals surface area contributed by atoms with Gasteiger partial charge in [0.2, 0.25) is 29.6 Å². The molecule has 29 heteroatoms. The minimum Gasteiger partial charge on any atom is -0.481 e. The fourth-order valence-corrected chi connectivity index (χ4v) is 6.66. The maximum absolute atomic E-state index is 13.7. The van der Waals surface area contributed by atoms with Gasteiger partial charge in [-0.2, -0.15) is 4.98 Å². The van der Waals surface area contributed by atoms with Crippen LogP contribution in [0.3, 0.4) is 0 Å². The number of hydrogen-bond acceptors (Lipinski definition) is 17. The van der Waals surface area contributed by atoms with Crippen LogP contribution in [-0.4, -0.2) is 162 Å². The fourth-order valence-electron chi connectivity index (χ4n) is 6.66. The van der Waals surface area contributed by atoms with Gasteiger partial charge in [0.25, 0.3) is 11.5 Å². The van der Waals surface area contributed by atoms with E-state index in [1.54, 1.807) is 11.9 Å². The third-order valence-electron chi connectivity index (χ3n) is 10.4. The van der Waals surface area contributed by atoms with Gasteiger partial charge in [-0.05, 0) is 56.4 Å². The quantitative estimate of drug-likeness (QED) is 0.0390. The molecule has 0 fully saturated rings. The van der Waals surface area contributed by atoms with Crippen molar-refractivity contribution < 1.29 is 83.4 Å². The van der Waals surface area contributed by atoms with Gasteiger partial charge >= 0.3 is 35.8 Å². The minimum atomic E-state index is -1.89. The number of hydrogen-bond donors (Lipinski definition) is 15. The molecule has 6 atom stereocenters. The molecule has 0 aliphatic carbocycles. The summed E-state index contributed by atoms with van der Waals surface area (Å²) in [6.45, 7) is 0.703. The number of carbonyl (C=O) groups is 11. The number of aliphatic carboxylic acids is 6. The lowest BCUT2D eigenvalue weighted by Gasteiger charge is -2.35. The van der Waals surface area contributed by atoms with E-state index in [0.717, 1.165) is 0 Å². The average Bonchev–Trinajstić information content (AvgIpc) is 3.26. The molecule has 0 spiro atoms. The predicted octanol–water partition coefficient (Wildman–Crippen LogP) is -2.86. The van der Waals surface area contributed by atoms with E-state index in [1.165, 1.54) is 24.3 Å². The van der Waals surface area contributed by atoms with Crippen LogP contribution >= 0.6 is 0 Å². The zero-order chi connectivity index (χ0) is 51.5. The molecule has 376 valence electrons. The van der Waals surface area contributed by atoms with Gasteiger partial charge in [0, 0.05) is 63.5 Å². The highest BCUT2D eigenvalue weighted by Crippen LogP contribution is 2.25. The summed E-state index contributed by atoms with van der Waals surface area (Å²) >= 11 is 0. The molecule has 1 aliphatic rings. The van der Waals surface area contributed by atoms with Crippen LogP contribution in [0, 0.1) is 0 Å². The third kappa shape index (κ3) is 18.0. The molecule has 69 heavy (non-hydrogen) atoms. The first-order valence-electron chi connectivity index (χ1n) is 21.0. The molecule has 0 saturated carbocycles. The number of aromatic amines is 1. The topological polar surface area (TPSA) is 468 Å². The number of rotatable bonds is 29. The standard InChI is InChI=1S/C40H53N11O18/c1-51-20(17-43-32-31(51)38(67)50-40(41)49-32)16-42-19-4-2-18(3-5-19)33(62)44-21(6-11-26(52)53)34(63)45-22(7-12-27(54)55)35(64)46-23(8-13-28(56)57)36(65)47-24(9-14-29(58)59)37(66)48-25(39(68)69)10-15-30(60)61/h2-5,20-25,42H,6-17H2,1H3,(H,44,62)(H,45,63)(H,46,64)(H,47,65)(H,48,66)(H,52,53)(H,54,55)(H,56,57)(H,58,59)(H,60,61)(H,68,69)(H4,41,43,49,50,67)/t20?,21-,22-,23-,24-,25-/m0/s1. The maximum Gasteiger partial charge on any atom is 0.326 e. The number of nitrogen functional groups attached to an aromatic ring is 1. The molecule has 29 nitrogen and oxygen atoms in total. The fraction of sp³-hybridized carbons (Fsp3) is 0.475. The Balaban J connectivity index is 1.78. The Hall–Kier alpha value is -8.53. The number of carboxylic acid groups (broad SMARTS) is 6. The Morgan fingerprint density at radius 1 is 0.623 bits per heavy atom. The van der Waals surface area contributed by atoms with Crippen LogP contribution in [-0.2, 0) is 47.9 Å². The lowest BCUT2D eigenvalue weighted by Crippen LogP contribution is -2.59. The van der Waals surface area contributed by atoms with Crippen LogP contribution in [0.4, 0.5) is 23.1 Å². The molecule has 2 heterocycles. The predicted molar refractivity (Wildman–Crippen MR) is 236 cm³/mol. The van der Waals surface area contributed by atoms with Crippen molar-refractivity contribution in [3.8, 4) is 0 Å². The Morgan fingerprint density at radius 2 is 1.00 bits per heavy atom. The second-order valence-electron chi connectivity index (χ2n) is 15.5. The molecule has 1 aromatic carbocycles. The largest absolute Gasteiger partial charge is 0.481 e. The molecular weight excluding hydrogens is 922 g/mol. The molecule has 5 amide bonds. The number of carbonyl (C=O) groups excluding carboxylic acids is 5. The molecule has 1 unspecified atom stereocenters. The van der Waals surface area contributed by atoms with E-state index in [1.807, 2.05) is 5.32 Å². The molecular formula is C40H53N11O18. The number of likely N-dealkylation sites (N-methyl/N-ethyl adjacent to an activating group) is 1. The molecule has 2 aromatic rings. The van der Waals surface area contributed by atoms with Gasteiger partial charge in [-0.25, -0.2) is 4.79 Å². The Labute approximate surface area is 390 Å². The van der Waals surface area contributed by atoms with Crippen molar-refractivity contribution in [3.63, 3.8) is 0 Å². The maximum atomic E-state index is 13.7. The van der Waals surface area contributed by atoms with Crippen LogP contribution in [0.2, 0.25) is 0 Å². The number of nitrogens with one attached hydrogen (secondary N) is 8. The van der Waals surface area contributed by atoms with Gasteiger partial charge in [-0.15, -0.1) is 0 Å². The summed E-state index contributed by atoms with van der Waals surface area (Å²) < 4.78 is 0. The summed E-state index contributed by atoms with van der Waals surface area (Å²) in [6, 6.07) is -3.48. The zero-order valence-corrected chi connectivity index (χ0v) is 36.8. The molecule has 3 rings (SSSR count). The summed E-state index contributed by atoms with van der Waals surface area (Å²) in [6.07, 6.45) is -6.98. The van der Waals surface area contributed by atoms with Crippen molar-refractivity contribution in [3.05, 3.63) is 40.2 Å². The monoisotopic (exact) mass is 975 g/mol.